The zero-order valence-corrected chi connectivity index (χ0v) is 13.5. The molecule has 128 valence electrons. The van der Waals surface area contributed by atoms with Crippen LogP contribution in [0.2, 0.25) is 0 Å². The average Bonchev–Trinajstić information content (AvgIpc) is 2.98. The van der Waals surface area contributed by atoms with Gasteiger partial charge in [-0.05, 0) is 12.1 Å². The lowest BCUT2D eigenvalue weighted by atomic mass is 10.3. The van der Waals surface area contributed by atoms with Crippen LogP contribution in [0.4, 0.5) is 25.5 Å². The topological polar surface area (TPSA) is 87.4 Å². The number of nitrogens with zero attached hydrogens (tertiary/aromatic N) is 4. The van der Waals surface area contributed by atoms with Crippen molar-refractivity contribution in [2.45, 2.75) is 0 Å². The maximum atomic E-state index is 13.1. The van der Waals surface area contributed by atoms with Crippen molar-refractivity contribution >= 4 is 34.2 Å². The van der Waals surface area contributed by atoms with Crippen molar-refractivity contribution in [3.8, 4) is 0 Å². The summed E-state index contributed by atoms with van der Waals surface area (Å²) >= 11 is 1.25. The SMILES string of the molecule is Nc1nsc(N2CCN(CC(=O)Nc3ccc(F)c(F)c3)CC2)n1. The van der Waals surface area contributed by atoms with Gasteiger partial charge in [-0.1, -0.05) is 0 Å². The second kappa shape index (κ2) is 7.05. The van der Waals surface area contributed by atoms with E-state index in [0.29, 0.717) is 26.2 Å². The Balaban J connectivity index is 1.48. The molecule has 3 rings (SSSR count). The Labute approximate surface area is 141 Å². The molecule has 2 heterocycles. The molecule has 1 fully saturated rings. The van der Waals surface area contributed by atoms with Gasteiger partial charge in [0.05, 0.1) is 6.54 Å². The van der Waals surface area contributed by atoms with Gasteiger partial charge in [0.2, 0.25) is 17.0 Å². The van der Waals surface area contributed by atoms with E-state index in [-0.39, 0.29) is 24.1 Å². The Bertz CT molecular complexity index is 732. The molecule has 0 atom stereocenters. The number of rotatable bonds is 4. The summed E-state index contributed by atoms with van der Waals surface area (Å²) in [4.78, 5) is 20.2. The molecule has 3 N–H and O–H groups in total. The fraction of sp³-hybridized carbons (Fsp3) is 0.357. The Kier molecular flexibility index (Phi) is 4.86. The highest BCUT2D eigenvalue weighted by Crippen LogP contribution is 2.19. The highest BCUT2D eigenvalue weighted by atomic mass is 32.1. The average molecular weight is 354 g/mol. The predicted octanol–water partition coefficient (Wildman–Crippen LogP) is 1.16. The van der Waals surface area contributed by atoms with Gasteiger partial charge in [-0.2, -0.15) is 9.36 Å². The molecule has 2 aromatic rings. The molecule has 0 bridgehead atoms. The molecule has 10 heteroatoms. The molecule has 1 saturated heterocycles. The van der Waals surface area contributed by atoms with Crippen LogP contribution in [0.25, 0.3) is 0 Å². The minimum atomic E-state index is -0.988. The molecule has 1 aliphatic rings. The van der Waals surface area contributed by atoms with E-state index in [2.05, 4.69) is 19.6 Å². The number of aromatic nitrogens is 2. The number of anilines is 3. The maximum Gasteiger partial charge on any atom is 0.238 e. The molecule has 0 radical (unpaired) electrons. The fourth-order valence-corrected chi connectivity index (χ4v) is 3.08. The predicted molar refractivity (Wildman–Crippen MR) is 88.0 cm³/mol. The molecule has 1 aromatic carbocycles. The van der Waals surface area contributed by atoms with Crippen molar-refractivity contribution in [2.24, 2.45) is 0 Å². The lowest BCUT2D eigenvalue weighted by Crippen LogP contribution is -2.48. The van der Waals surface area contributed by atoms with Gasteiger partial charge in [-0.25, -0.2) is 8.78 Å². The van der Waals surface area contributed by atoms with E-state index in [0.717, 1.165) is 17.3 Å². The van der Waals surface area contributed by atoms with Crippen LogP contribution < -0.4 is 16.0 Å². The number of nitrogens with one attached hydrogen (secondary N) is 1. The van der Waals surface area contributed by atoms with Gasteiger partial charge in [0.15, 0.2) is 11.6 Å². The zero-order valence-electron chi connectivity index (χ0n) is 12.7. The van der Waals surface area contributed by atoms with Crippen molar-refractivity contribution in [1.29, 1.82) is 0 Å². The van der Waals surface area contributed by atoms with Crippen molar-refractivity contribution in [3.63, 3.8) is 0 Å². The molecular formula is C14H16F2N6OS. The first kappa shape index (κ1) is 16.5. The van der Waals surface area contributed by atoms with Gasteiger partial charge >= 0.3 is 0 Å². The van der Waals surface area contributed by atoms with Gasteiger partial charge < -0.3 is 16.0 Å². The van der Waals surface area contributed by atoms with Gasteiger partial charge in [-0.15, -0.1) is 0 Å². The normalized spacial score (nSPS) is 15.5. The first-order valence-corrected chi connectivity index (χ1v) is 8.10. The number of hydrogen-bond acceptors (Lipinski definition) is 7. The molecule has 1 aromatic heterocycles. The van der Waals surface area contributed by atoms with Crippen molar-refractivity contribution < 1.29 is 13.6 Å². The molecule has 0 unspecified atom stereocenters. The molecule has 0 spiro atoms. The van der Waals surface area contributed by atoms with E-state index in [4.69, 9.17) is 5.73 Å². The molecule has 0 saturated carbocycles. The van der Waals surface area contributed by atoms with Gasteiger partial charge in [0.1, 0.15) is 0 Å². The zero-order chi connectivity index (χ0) is 17.1. The smallest absolute Gasteiger partial charge is 0.238 e. The van der Waals surface area contributed by atoms with Gasteiger partial charge in [0, 0.05) is 49.5 Å². The summed E-state index contributed by atoms with van der Waals surface area (Å²) in [6.07, 6.45) is 0. The second-order valence-corrected chi connectivity index (χ2v) is 6.11. The Morgan fingerprint density at radius 1 is 1.25 bits per heavy atom. The molecule has 24 heavy (non-hydrogen) atoms. The maximum absolute atomic E-state index is 13.1. The van der Waals surface area contributed by atoms with Gasteiger partial charge in [-0.3, -0.25) is 9.69 Å². The van der Waals surface area contributed by atoms with E-state index < -0.39 is 11.6 Å². The van der Waals surface area contributed by atoms with Crippen LogP contribution in [0.3, 0.4) is 0 Å². The standard InChI is InChI=1S/C14H16F2N6OS/c15-10-2-1-9(7-11(10)16)18-12(23)8-21-3-5-22(6-4-21)14-19-13(17)20-24-14/h1-2,7H,3-6,8H2,(H2,17,20)(H,18,23). The Hall–Kier alpha value is -2.33. The van der Waals surface area contributed by atoms with Crippen LogP contribution in [0.5, 0.6) is 0 Å². The lowest BCUT2D eigenvalue weighted by Gasteiger charge is -2.33. The lowest BCUT2D eigenvalue weighted by molar-refractivity contribution is -0.117. The van der Waals surface area contributed by atoms with Crippen LogP contribution >= 0.6 is 11.5 Å². The van der Waals surface area contributed by atoms with E-state index >= 15 is 0 Å². The van der Waals surface area contributed by atoms with Crippen LogP contribution in [-0.4, -0.2) is 52.9 Å². The van der Waals surface area contributed by atoms with E-state index in [1.165, 1.54) is 17.6 Å². The van der Waals surface area contributed by atoms with Gasteiger partial charge in [0.25, 0.3) is 0 Å². The molecule has 7 nitrogen and oxygen atoms in total. The fourth-order valence-electron chi connectivity index (χ4n) is 2.43. The van der Waals surface area contributed by atoms with Crippen LogP contribution in [0.15, 0.2) is 18.2 Å². The van der Waals surface area contributed by atoms with Crippen LogP contribution in [0, 0.1) is 11.6 Å². The highest BCUT2D eigenvalue weighted by Gasteiger charge is 2.21. The minimum Gasteiger partial charge on any atom is -0.367 e. The number of nitrogen functional groups attached to an aromatic ring is 1. The third-order valence-electron chi connectivity index (χ3n) is 3.64. The van der Waals surface area contributed by atoms with E-state index in [9.17, 15) is 13.6 Å². The molecule has 0 aliphatic carbocycles. The van der Waals surface area contributed by atoms with Crippen molar-refractivity contribution in [3.05, 3.63) is 29.8 Å². The monoisotopic (exact) mass is 354 g/mol. The van der Waals surface area contributed by atoms with E-state index in [1.807, 2.05) is 4.90 Å². The molecule has 1 amide bonds. The quantitative estimate of drug-likeness (QED) is 0.857. The molecule has 1 aliphatic heterocycles. The Morgan fingerprint density at radius 3 is 2.62 bits per heavy atom. The first-order chi connectivity index (χ1) is 11.5. The largest absolute Gasteiger partial charge is 0.367 e. The third-order valence-corrected chi connectivity index (χ3v) is 4.44. The summed E-state index contributed by atoms with van der Waals surface area (Å²) in [6.45, 7) is 2.99. The van der Waals surface area contributed by atoms with Crippen molar-refractivity contribution in [2.75, 3.05) is 48.7 Å². The number of halogens is 2. The summed E-state index contributed by atoms with van der Waals surface area (Å²) in [5.74, 6) is -1.93. The number of nitrogens with two attached hydrogens (primary N) is 1. The summed E-state index contributed by atoms with van der Waals surface area (Å²) in [5, 5.41) is 3.34. The highest BCUT2D eigenvalue weighted by molar-refractivity contribution is 7.09. The number of hydrogen-bond donors (Lipinski definition) is 2. The molecular weight excluding hydrogens is 338 g/mol. The minimum absolute atomic E-state index is 0.186. The number of carbonyl (C=O) groups excluding carboxylic acids is 1. The summed E-state index contributed by atoms with van der Waals surface area (Å²) in [7, 11) is 0. The second-order valence-electron chi connectivity index (χ2n) is 5.38. The number of amides is 1. The first-order valence-electron chi connectivity index (χ1n) is 7.32. The van der Waals surface area contributed by atoms with E-state index in [1.54, 1.807) is 0 Å². The number of carbonyl (C=O) groups is 1. The summed E-state index contributed by atoms with van der Waals surface area (Å²) in [5.41, 5.74) is 5.76. The van der Waals surface area contributed by atoms with Crippen LogP contribution in [0.1, 0.15) is 0 Å². The Morgan fingerprint density at radius 2 is 2.00 bits per heavy atom. The van der Waals surface area contributed by atoms with Crippen LogP contribution in [-0.2, 0) is 4.79 Å². The summed E-state index contributed by atoms with van der Waals surface area (Å²) < 4.78 is 30.0. The number of piperazine rings is 1. The summed E-state index contributed by atoms with van der Waals surface area (Å²) in [6, 6.07) is 3.27. The van der Waals surface area contributed by atoms with Crippen molar-refractivity contribution in [1.82, 2.24) is 14.3 Å². The number of benzene rings is 1. The third kappa shape index (κ3) is 3.95.